The number of amides is 1. The van der Waals surface area contributed by atoms with Crippen LogP contribution in [0, 0.1) is 18.7 Å². The van der Waals surface area contributed by atoms with Gasteiger partial charge in [0.25, 0.3) is 0 Å². The Morgan fingerprint density at radius 2 is 2.12 bits per heavy atom. The van der Waals surface area contributed by atoms with E-state index in [9.17, 15) is 17.6 Å². The SMILES string of the molecule is Cc1cc(F)ccc1S(=O)(=O)NCC(=O)N1C[C@@H]2CCN(C)[C@@H]2C1. The van der Waals surface area contributed by atoms with Crippen LogP contribution in [0.4, 0.5) is 4.39 Å². The first-order valence-electron chi connectivity index (χ1n) is 8.02. The Morgan fingerprint density at radius 3 is 2.79 bits per heavy atom. The monoisotopic (exact) mass is 355 g/mol. The molecule has 0 aliphatic carbocycles. The fraction of sp³-hybridized carbons (Fsp3) is 0.562. The first-order chi connectivity index (χ1) is 11.3. The van der Waals surface area contributed by atoms with Crippen LogP contribution >= 0.6 is 0 Å². The Balaban J connectivity index is 1.62. The van der Waals surface area contributed by atoms with Crippen LogP contribution in [-0.2, 0) is 14.8 Å². The van der Waals surface area contributed by atoms with Crippen LogP contribution in [0.3, 0.4) is 0 Å². The van der Waals surface area contributed by atoms with Crippen molar-refractivity contribution in [3.8, 4) is 0 Å². The number of likely N-dealkylation sites (tertiary alicyclic amines) is 2. The highest BCUT2D eigenvalue weighted by molar-refractivity contribution is 7.89. The maximum Gasteiger partial charge on any atom is 0.241 e. The largest absolute Gasteiger partial charge is 0.340 e. The van der Waals surface area contributed by atoms with Crippen molar-refractivity contribution < 1.29 is 17.6 Å². The zero-order valence-electron chi connectivity index (χ0n) is 13.8. The van der Waals surface area contributed by atoms with Gasteiger partial charge in [-0.15, -0.1) is 0 Å². The van der Waals surface area contributed by atoms with E-state index in [1.54, 1.807) is 4.90 Å². The quantitative estimate of drug-likeness (QED) is 0.858. The highest BCUT2D eigenvalue weighted by Crippen LogP contribution is 2.30. The molecule has 2 aliphatic rings. The molecule has 132 valence electrons. The van der Waals surface area contributed by atoms with Gasteiger partial charge >= 0.3 is 0 Å². The molecule has 2 atom stereocenters. The predicted octanol–water partition coefficient (Wildman–Crippen LogP) is 0.575. The Kier molecular flexibility index (Phi) is 4.63. The highest BCUT2D eigenvalue weighted by atomic mass is 32.2. The summed E-state index contributed by atoms with van der Waals surface area (Å²) in [5, 5.41) is 0. The number of nitrogens with zero attached hydrogens (tertiary/aromatic N) is 2. The van der Waals surface area contributed by atoms with E-state index < -0.39 is 15.8 Å². The Hall–Kier alpha value is -1.51. The van der Waals surface area contributed by atoms with Crippen molar-refractivity contribution in [1.82, 2.24) is 14.5 Å². The normalized spacial score (nSPS) is 24.4. The van der Waals surface area contributed by atoms with Gasteiger partial charge in [0, 0.05) is 19.1 Å². The molecular formula is C16H22FN3O3S. The molecule has 1 aromatic rings. The van der Waals surface area contributed by atoms with Crippen LogP contribution in [0.5, 0.6) is 0 Å². The molecule has 3 rings (SSSR count). The number of hydrogen-bond donors (Lipinski definition) is 1. The molecule has 0 saturated carbocycles. The number of halogens is 1. The lowest BCUT2D eigenvalue weighted by molar-refractivity contribution is -0.129. The number of nitrogens with one attached hydrogen (secondary N) is 1. The summed E-state index contributed by atoms with van der Waals surface area (Å²) in [6.07, 6.45) is 1.07. The van der Waals surface area contributed by atoms with Gasteiger partial charge in [0.2, 0.25) is 15.9 Å². The molecule has 24 heavy (non-hydrogen) atoms. The molecule has 0 bridgehead atoms. The third kappa shape index (κ3) is 3.31. The maximum atomic E-state index is 13.1. The van der Waals surface area contributed by atoms with E-state index in [4.69, 9.17) is 0 Å². The lowest BCUT2D eigenvalue weighted by atomic mass is 10.1. The minimum atomic E-state index is -3.84. The van der Waals surface area contributed by atoms with Gasteiger partial charge in [-0.2, -0.15) is 0 Å². The van der Waals surface area contributed by atoms with Crippen LogP contribution < -0.4 is 4.72 Å². The summed E-state index contributed by atoms with van der Waals surface area (Å²) in [5.74, 6) is -0.230. The van der Waals surface area contributed by atoms with Gasteiger partial charge < -0.3 is 9.80 Å². The summed E-state index contributed by atoms with van der Waals surface area (Å²) in [5.41, 5.74) is 0.312. The van der Waals surface area contributed by atoms with Crippen LogP contribution in [0.2, 0.25) is 0 Å². The van der Waals surface area contributed by atoms with Crippen LogP contribution in [0.25, 0.3) is 0 Å². The minimum Gasteiger partial charge on any atom is -0.340 e. The van der Waals surface area contributed by atoms with Crippen molar-refractivity contribution in [2.45, 2.75) is 24.3 Å². The van der Waals surface area contributed by atoms with Crippen LogP contribution in [0.15, 0.2) is 23.1 Å². The topological polar surface area (TPSA) is 69.7 Å². The average molecular weight is 355 g/mol. The van der Waals surface area contributed by atoms with E-state index >= 15 is 0 Å². The molecule has 1 N–H and O–H groups in total. The molecule has 2 heterocycles. The summed E-state index contributed by atoms with van der Waals surface area (Å²) in [6, 6.07) is 3.85. The first-order valence-corrected chi connectivity index (χ1v) is 9.50. The smallest absolute Gasteiger partial charge is 0.241 e. The second-order valence-electron chi connectivity index (χ2n) is 6.63. The Morgan fingerprint density at radius 1 is 1.38 bits per heavy atom. The van der Waals surface area contributed by atoms with Crippen molar-refractivity contribution in [3.05, 3.63) is 29.6 Å². The molecule has 0 spiro atoms. The molecular weight excluding hydrogens is 333 g/mol. The molecule has 8 heteroatoms. The number of aryl methyl sites for hydroxylation is 1. The number of hydrogen-bond acceptors (Lipinski definition) is 4. The number of rotatable bonds is 4. The van der Waals surface area contributed by atoms with Gasteiger partial charge in [0.15, 0.2) is 0 Å². The lowest BCUT2D eigenvalue weighted by Crippen LogP contribution is -2.41. The third-order valence-corrected chi connectivity index (χ3v) is 6.58. The number of benzene rings is 1. The molecule has 0 unspecified atom stereocenters. The van der Waals surface area contributed by atoms with Crippen LogP contribution in [-0.4, -0.2) is 63.4 Å². The summed E-state index contributed by atoms with van der Waals surface area (Å²) < 4.78 is 40.1. The van der Waals surface area contributed by atoms with Gasteiger partial charge in [-0.1, -0.05) is 0 Å². The second kappa shape index (κ2) is 6.42. The molecule has 2 saturated heterocycles. The number of carbonyl (C=O) groups excluding carboxylic acids is 1. The van der Waals surface area contributed by atoms with E-state index in [0.717, 1.165) is 25.1 Å². The molecule has 2 fully saturated rings. The second-order valence-corrected chi connectivity index (χ2v) is 8.37. The van der Waals surface area contributed by atoms with Gasteiger partial charge in [0.05, 0.1) is 11.4 Å². The van der Waals surface area contributed by atoms with E-state index in [0.29, 0.717) is 30.6 Å². The van der Waals surface area contributed by atoms with Gasteiger partial charge in [-0.25, -0.2) is 17.5 Å². The maximum absolute atomic E-state index is 13.1. The van der Waals surface area contributed by atoms with Crippen molar-refractivity contribution in [2.75, 3.05) is 33.2 Å². The minimum absolute atomic E-state index is 0.00488. The summed E-state index contributed by atoms with van der Waals surface area (Å²) in [4.78, 5) is 16.3. The van der Waals surface area contributed by atoms with Gasteiger partial charge in [-0.05, 0) is 56.6 Å². The standard InChI is InChI=1S/C16H22FN3O3S/c1-11-7-13(17)3-4-15(11)24(22,23)18-8-16(21)20-9-12-5-6-19(2)14(12)10-20/h3-4,7,12,14,18H,5-6,8-10H2,1-2H3/t12-,14+/m0/s1. The number of likely N-dealkylation sites (N-methyl/N-ethyl adjacent to an activating group) is 1. The van der Waals surface area contributed by atoms with Crippen molar-refractivity contribution >= 4 is 15.9 Å². The van der Waals surface area contributed by atoms with Crippen molar-refractivity contribution in [1.29, 1.82) is 0 Å². The summed E-state index contributed by atoms with van der Waals surface area (Å²) in [7, 11) is -1.78. The molecule has 0 aromatic heterocycles. The van der Waals surface area contributed by atoms with E-state index in [-0.39, 0.29) is 17.3 Å². The molecule has 1 aromatic carbocycles. The third-order valence-electron chi connectivity index (χ3n) is 5.02. The van der Waals surface area contributed by atoms with Crippen molar-refractivity contribution in [3.63, 3.8) is 0 Å². The highest BCUT2D eigenvalue weighted by Gasteiger charge is 2.41. The molecule has 6 nitrogen and oxygen atoms in total. The zero-order valence-corrected chi connectivity index (χ0v) is 14.6. The van der Waals surface area contributed by atoms with E-state index in [1.807, 2.05) is 0 Å². The van der Waals surface area contributed by atoms with E-state index in [2.05, 4.69) is 16.7 Å². The van der Waals surface area contributed by atoms with Crippen molar-refractivity contribution in [2.24, 2.45) is 5.92 Å². The molecule has 0 radical (unpaired) electrons. The molecule has 2 aliphatic heterocycles. The molecule has 1 amide bonds. The zero-order chi connectivity index (χ0) is 17.5. The van der Waals surface area contributed by atoms with E-state index in [1.165, 1.54) is 13.0 Å². The summed E-state index contributed by atoms with van der Waals surface area (Å²) >= 11 is 0. The average Bonchev–Trinajstić information content (AvgIpc) is 3.07. The first kappa shape index (κ1) is 17.3. The Labute approximate surface area is 141 Å². The summed E-state index contributed by atoms with van der Waals surface area (Å²) in [6.45, 7) is 3.63. The number of sulfonamides is 1. The van der Waals surface area contributed by atoms with Gasteiger partial charge in [0.1, 0.15) is 5.82 Å². The predicted molar refractivity (Wildman–Crippen MR) is 87.4 cm³/mol. The fourth-order valence-corrected chi connectivity index (χ4v) is 4.84. The van der Waals surface area contributed by atoms with Crippen LogP contribution in [0.1, 0.15) is 12.0 Å². The number of fused-ring (bicyclic) bond motifs is 1. The fourth-order valence-electron chi connectivity index (χ4n) is 3.64. The lowest BCUT2D eigenvalue weighted by Gasteiger charge is -2.21. The van der Waals surface area contributed by atoms with Gasteiger partial charge in [-0.3, -0.25) is 4.79 Å². The number of carbonyl (C=O) groups is 1. The Bertz CT molecular complexity index is 753.